The smallest absolute Gasteiger partial charge is 0.407 e. The molecule has 0 spiro atoms. The highest BCUT2D eigenvalue weighted by Gasteiger charge is 2.30. The van der Waals surface area contributed by atoms with Gasteiger partial charge in [0.05, 0.1) is 18.7 Å². The molecule has 1 aromatic heterocycles. The Morgan fingerprint density at radius 2 is 2.09 bits per heavy atom. The number of carbonyl (C=O) groups is 1. The highest BCUT2D eigenvalue weighted by atomic mass is 32.1. The number of alkyl halides is 2. The molecule has 0 aliphatic rings. The van der Waals surface area contributed by atoms with Crippen molar-refractivity contribution in [3.05, 3.63) is 21.9 Å². The fourth-order valence-electron chi connectivity index (χ4n) is 1.48. The van der Waals surface area contributed by atoms with Gasteiger partial charge < -0.3 is 15.4 Å². The van der Waals surface area contributed by atoms with Crippen LogP contribution in [0.4, 0.5) is 13.6 Å². The number of alkyl carbamates (subject to hydrolysis) is 1. The second-order valence-corrected chi connectivity index (χ2v) is 6.72. The van der Waals surface area contributed by atoms with E-state index in [1.54, 1.807) is 32.2 Å². The van der Waals surface area contributed by atoms with Gasteiger partial charge in [0.2, 0.25) is 0 Å². The first kappa shape index (κ1) is 18.3. The number of nitrogens with one attached hydrogen (secondary N) is 2. The monoisotopic (exact) mass is 331 g/mol. The zero-order chi connectivity index (χ0) is 16.8. The van der Waals surface area contributed by atoms with Crippen molar-refractivity contribution in [2.75, 3.05) is 13.1 Å². The molecular formula is C14H19F2N3O2S. The van der Waals surface area contributed by atoms with Gasteiger partial charge in [0.1, 0.15) is 11.7 Å². The first-order chi connectivity index (χ1) is 10.1. The van der Waals surface area contributed by atoms with Crippen molar-refractivity contribution >= 4 is 17.4 Å². The summed E-state index contributed by atoms with van der Waals surface area (Å²) >= 11 is 1.33. The highest BCUT2D eigenvalue weighted by Crippen LogP contribution is 2.15. The zero-order valence-electron chi connectivity index (χ0n) is 12.7. The number of hydrogen-bond acceptors (Lipinski definition) is 5. The van der Waals surface area contributed by atoms with Crippen LogP contribution in [-0.4, -0.2) is 30.7 Å². The first-order valence-corrected chi connectivity index (χ1v) is 7.52. The number of rotatable bonds is 6. The Labute approximate surface area is 132 Å². The van der Waals surface area contributed by atoms with Crippen LogP contribution < -0.4 is 10.6 Å². The van der Waals surface area contributed by atoms with Crippen LogP contribution in [0.5, 0.6) is 0 Å². The van der Waals surface area contributed by atoms with Gasteiger partial charge in [0, 0.05) is 16.8 Å². The van der Waals surface area contributed by atoms with Crippen molar-refractivity contribution < 1.29 is 18.3 Å². The predicted molar refractivity (Wildman–Crippen MR) is 79.9 cm³/mol. The maximum Gasteiger partial charge on any atom is 0.407 e. The molecule has 2 N–H and O–H groups in total. The van der Waals surface area contributed by atoms with Crippen molar-refractivity contribution in [3.8, 4) is 6.07 Å². The maximum atomic E-state index is 13.6. The SMILES string of the molecule is CC(C)(C)OC(=O)NCC(F)(F)CNCc1cc(C#N)cs1. The number of hydrogen-bond donors (Lipinski definition) is 2. The third-order valence-electron chi connectivity index (χ3n) is 2.36. The summed E-state index contributed by atoms with van der Waals surface area (Å²) in [5, 5.41) is 15.0. The van der Waals surface area contributed by atoms with Gasteiger partial charge >= 0.3 is 6.09 Å². The Balaban J connectivity index is 2.31. The molecule has 0 saturated heterocycles. The van der Waals surface area contributed by atoms with Crippen LogP contribution in [0.2, 0.25) is 0 Å². The summed E-state index contributed by atoms with van der Waals surface area (Å²) in [6.45, 7) is 3.83. The van der Waals surface area contributed by atoms with Gasteiger partial charge in [-0.05, 0) is 26.8 Å². The number of thiophene rings is 1. The second kappa shape index (κ2) is 7.51. The van der Waals surface area contributed by atoms with Crippen LogP contribution in [0.1, 0.15) is 31.2 Å². The van der Waals surface area contributed by atoms with E-state index in [-0.39, 0.29) is 6.54 Å². The van der Waals surface area contributed by atoms with Crippen molar-refractivity contribution in [1.82, 2.24) is 10.6 Å². The number of ether oxygens (including phenoxy) is 1. The van der Waals surface area contributed by atoms with Crippen LogP contribution in [0.25, 0.3) is 0 Å². The number of nitriles is 1. The van der Waals surface area contributed by atoms with Crippen LogP contribution in [0.3, 0.4) is 0 Å². The van der Waals surface area contributed by atoms with Gasteiger partial charge in [-0.25, -0.2) is 13.6 Å². The summed E-state index contributed by atoms with van der Waals surface area (Å²) in [5.74, 6) is -3.09. The summed E-state index contributed by atoms with van der Waals surface area (Å²) < 4.78 is 32.1. The molecule has 0 radical (unpaired) electrons. The minimum Gasteiger partial charge on any atom is -0.444 e. The van der Waals surface area contributed by atoms with E-state index >= 15 is 0 Å². The summed E-state index contributed by atoms with van der Waals surface area (Å²) in [6, 6.07) is 3.63. The third-order valence-corrected chi connectivity index (χ3v) is 3.29. The molecule has 1 amide bonds. The van der Waals surface area contributed by atoms with Crippen molar-refractivity contribution in [2.45, 2.75) is 38.8 Å². The number of amides is 1. The number of carbonyl (C=O) groups excluding carboxylic acids is 1. The van der Waals surface area contributed by atoms with Crippen LogP contribution in [0, 0.1) is 11.3 Å². The number of halogens is 2. The summed E-state index contributed by atoms with van der Waals surface area (Å²) in [5.41, 5.74) is -0.213. The van der Waals surface area contributed by atoms with Gasteiger partial charge in [0.25, 0.3) is 5.92 Å². The summed E-state index contributed by atoms with van der Waals surface area (Å²) in [6.07, 6.45) is -0.871. The second-order valence-electron chi connectivity index (χ2n) is 5.73. The molecule has 0 saturated carbocycles. The van der Waals surface area contributed by atoms with Crippen LogP contribution in [-0.2, 0) is 11.3 Å². The molecule has 1 heterocycles. The lowest BCUT2D eigenvalue weighted by molar-refractivity contribution is -0.00372. The fourth-order valence-corrected chi connectivity index (χ4v) is 2.26. The van der Waals surface area contributed by atoms with Gasteiger partial charge in [-0.2, -0.15) is 5.26 Å². The first-order valence-electron chi connectivity index (χ1n) is 6.64. The van der Waals surface area contributed by atoms with Crippen molar-refractivity contribution in [3.63, 3.8) is 0 Å². The van der Waals surface area contributed by atoms with E-state index in [0.717, 1.165) is 4.88 Å². The molecule has 22 heavy (non-hydrogen) atoms. The Morgan fingerprint density at radius 3 is 2.64 bits per heavy atom. The lowest BCUT2D eigenvalue weighted by Crippen LogP contribution is -2.44. The van der Waals surface area contributed by atoms with Crippen molar-refractivity contribution in [2.24, 2.45) is 0 Å². The fraction of sp³-hybridized carbons (Fsp3) is 0.571. The molecule has 0 aliphatic carbocycles. The van der Waals surface area contributed by atoms with E-state index in [0.29, 0.717) is 5.56 Å². The molecule has 1 rings (SSSR count). The lowest BCUT2D eigenvalue weighted by Gasteiger charge is -2.22. The van der Waals surface area contributed by atoms with Crippen LogP contribution >= 0.6 is 11.3 Å². The summed E-state index contributed by atoms with van der Waals surface area (Å²) in [4.78, 5) is 12.1. The Hall–Kier alpha value is -1.72. The third kappa shape index (κ3) is 7.33. The normalized spacial score (nSPS) is 11.8. The van der Waals surface area contributed by atoms with E-state index in [4.69, 9.17) is 10.00 Å². The minimum atomic E-state index is -3.09. The van der Waals surface area contributed by atoms with E-state index in [1.165, 1.54) is 11.3 Å². The Morgan fingerprint density at radius 1 is 1.41 bits per heavy atom. The molecule has 8 heteroatoms. The maximum absolute atomic E-state index is 13.6. The quantitative estimate of drug-likeness (QED) is 0.840. The molecule has 0 fully saturated rings. The molecule has 122 valence electrons. The van der Waals surface area contributed by atoms with Gasteiger partial charge in [0.15, 0.2) is 0 Å². The molecule has 0 unspecified atom stereocenters. The molecule has 0 atom stereocenters. The topological polar surface area (TPSA) is 74.2 Å². The van der Waals surface area contributed by atoms with E-state index in [2.05, 4.69) is 5.32 Å². The van der Waals surface area contributed by atoms with Gasteiger partial charge in [-0.3, -0.25) is 0 Å². The van der Waals surface area contributed by atoms with Crippen molar-refractivity contribution in [1.29, 1.82) is 5.26 Å². The van der Waals surface area contributed by atoms with Crippen LogP contribution in [0.15, 0.2) is 11.4 Å². The van der Waals surface area contributed by atoms with Gasteiger partial charge in [-0.15, -0.1) is 11.3 Å². The zero-order valence-corrected chi connectivity index (χ0v) is 13.5. The molecule has 0 bridgehead atoms. The average molecular weight is 331 g/mol. The lowest BCUT2D eigenvalue weighted by atomic mass is 10.2. The van der Waals surface area contributed by atoms with Gasteiger partial charge in [-0.1, -0.05) is 0 Å². The summed E-state index contributed by atoms with van der Waals surface area (Å²) in [7, 11) is 0. The highest BCUT2D eigenvalue weighted by molar-refractivity contribution is 7.10. The standard InChI is InChI=1S/C14H19F2N3O2S/c1-13(2,3)21-12(20)19-9-14(15,16)8-18-6-11-4-10(5-17)7-22-11/h4,7,18H,6,8-9H2,1-3H3,(H,19,20). The largest absolute Gasteiger partial charge is 0.444 e. The van der Waals surface area contributed by atoms with E-state index in [9.17, 15) is 13.6 Å². The average Bonchev–Trinajstić information content (AvgIpc) is 2.82. The van der Waals surface area contributed by atoms with E-state index in [1.807, 2.05) is 11.4 Å². The van der Waals surface area contributed by atoms with E-state index < -0.39 is 30.7 Å². The Bertz CT molecular complexity index is 547. The molecule has 1 aromatic rings. The Kier molecular flexibility index (Phi) is 6.26. The minimum absolute atomic E-state index is 0.244. The molecular weight excluding hydrogens is 312 g/mol. The molecule has 0 aromatic carbocycles. The molecule has 5 nitrogen and oxygen atoms in total. The number of nitrogens with zero attached hydrogens (tertiary/aromatic N) is 1. The molecule has 0 aliphatic heterocycles. The predicted octanol–water partition coefficient (Wildman–Crippen LogP) is 2.87.